The van der Waals surface area contributed by atoms with E-state index in [1.54, 1.807) is 0 Å². The first-order valence-corrected chi connectivity index (χ1v) is 6.15. The predicted molar refractivity (Wildman–Crippen MR) is 57.0 cm³/mol. The van der Waals surface area contributed by atoms with Crippen LogP contribution in [0.5, 0.6) is 0 Å². The summed E-state index contributed by atoms with van der Waals surface area (Å²) in [4.78, 5) is 0. The lowest BCUT2D eigenvalue weighted by molar-refractivity contribution is 0.326. The molecule has 0 saturated heterocycles. The summed E-state index contributed by atoms with van der Waals surface area (Å²) < 4.78 is 1.38. The van der Waals surface area contributed by atoms with Crippen LogP contribution < -0.4 is 0 Å². The maximum Gasteiger partial charge on any atom is 0.00265 e. The Bertz CT molecular complexity index is 162. The van der Waals surface area contributed by atoms with Crippen molar-refractivity contribution in [2.75, 3.05) is 4.43 Å². The monoisotopic (exact) mass is 262 g/mol. The van der Waals surface area contributed by atoms with E-state index in [0.717, 1.165) is 17.8 Å². The Morgan fingerprint density at radius 2 is 2.00 bits per heavy atom. The van der Waals surface area contributed by atoms with Crippen molar-refractivity contribution >= 4 is 22.6 Å². The van der Waals surface area contributed by atoms with Crippen LogP contribution in [0.3, 0.4) is 0 Å². The van der Waals surface area contributed by atoms with Crippen molar-refractivity contribution in [1.29, 1.82) is 0 Å². The molecular formula is C10H15I. The van der Waals surface area contributed by atoms with Gasteiger partial charge in [-0.25, -0.2) is 0 Å². The van der Waals surface area contributed by atoms with Gasteiger partial charge in [0, 0.05) is 4.43 Å². The van der Waals surface area contributed by atoms with E-state index >= 15 is 0 Å². The SMILES string of the molecule is ICC1CCC2CC=CCC12. The minimum atomic E-state index is 1.05. The molecule has 0 amide bonds. The normalized spacial score (nSPS) is 42.5. The molecule has 11 heavy (non-hydrogen) atoms. The first kappa shape index (κ1) is 8.09. The summed E-state index contributed by atoms with van der Waals surface area (Å²) in [5, 5.41) is 0. The molecule has 0 heterocycles. The van der Waals surface area contributed by atoms with Gasteiger partial charge in [0.15, 0.2) is 0 Å². The second-order valence-corrected chi connectivity index (χ2v) is 4.74. The zero-order chi connectivity index (χ0) is 7.68. The highest BCUT2D eigenvalue weighted by atomic mass is 127. The number of fused-ring (bicyclic) bond motifs is 1. The highest BCUT2D eigenvalue weighted by Crippen LogP contribution is 2.44. The van der Waals surface area contributed by atoms with Crippen molar-refractivity contribution in [1.82, 2.24) is 0 Å². The molecule has 0 bridgehead atoms. The van der Waals surface area contributed by atoms with E-state index in [9.17, 15) is 0 Å². The standard InChI is InChI=1S/C10H15I/c11-7-9-6-5-8-3-1-2-4-10(8)9/h1-2,8-10H,3-7H2. The molecule has 0 aromatic carbocycles. The van der Waals surface area contributed by atoms with E-state index in [1.165, 1.54) is 30.1 Å². The van der Waals surface area contributed by atoms with Crippen LogP contribution in [-0.2, 0) is 0 Å². The fourth-order valence-electron chi connectivity index (χ4n) is 2.63. The van der Waals surface area contributed by atoms with Gasteiger partial charge in [-0.15, -0.1) is 0 Å². The first-order valence-electron chi connectivity index (χ1n) is 4.62. The molecule has 0 nitrogen and oxygen atoms in total. The van der Waals surface area contributed by atoms with Crippen LogP contribution >= 0.6 is 22.6 Å². The van der Waals surface area contributed by atoms with Crippen LogP contribution in [-0.4, -0.2) is 4.43 Å². The predicted octanol–water partition coefficient (Wildman–Crippen LogP) is 3.41. The lowest BCUT2D eigenvalue weighted by atomic mass is 9.82. The fraction of sp³-hybridized carbons (Fsp3) is 0.800. The molecule has 1 heteroatoms. The van der Waals surface area contributed by atoms with Gasteiger partial charge < -0.3 is 0 Å². The van der Waals surface area contributed by atoms with Crippen molar-refractivity contribution in [3.8, 4) is 0 Å². The number of allylic oxidation sites excluding steroid dienone is 2. The summed E-state index contributed by atoms with van der Waals surface area (Å²) in [6.07, 6.45) is 10.5. The molecule has 0 spiro atoms. The quantitative estimate of drug-likeness (QED) is 0.386. The zero-order valence-electron chi connectivity index (χ0n) is 6.80. The van der Waals surface area contributed by atoms with Crippen LogP contribution in [0.2, 0.25) is 0 Å². The van der Waals surface area contributed by atoms with Crippen LogP contribution in [0.4, 0.5) is 0 Å². The number of hydrogen-bond donors (Lipinski definition) is 0. The molecular weight excluding hydrogens is 247 g/mol. The summed E-state index contributed by atoms with van der Waals surface area (Å²) >= 11 is 2.55. The molecule has 3 unspecified atom stereocenters. The lowest BCUT2D eigenvalue weighted by Crippen LogP contribution is -2.17. The largest absolute Gasteiger partial charge is 0.0882 e. The van der Waals surface area contributed by atoms with E-state index < -0.39 is 0 Å². The molecule has 0 N–H and O–H groups in total. The second kappa shape index (κ2) is 3.46. The van der Waals surface area contributed by atoms with Crippen LogP contribution in [0.25, 0.3) is 0 Å². The third-order valence-electron chi connectivity index (χ3n) is 3.33. The Hall–Kier alpha value is 0.470. The van der Waals surface area contributed by atoms with Crippen molar-refractivity contribution < 1.29 is 0 Å². The molecule has 0 aromatic rings. The topological polar surface area (TPSA) is 0 Å². The lowest BCUT2D eigenvalue weighted by Gasteiger charge is -2.24. The van der Waals surface area contributed by atoms with Crippen molar-refractivity contribution in [3.05, 3.63) is 12.2 Å². The van der Waals surface area contributed by atoms with E-state index in [1.807, 2.05) is 0 Å². The minimum absolute atomic E-state index is 1.05. The summed E-state index contributed by atoms with van der Waals surface area (Å²) in [7, 11) is 0. The Kier molecular flexibility index (Phi) is 2.54. The van der Waals surface area contributed by atoms with Gasteiger partial charge in [0.05, 0.1) is 0 Å². The molecule has 0 radical (unpaired) electrons. The Balaban J connectivity index is 2.05. The first-order chi connectivity index (χ1) is 5.42. The Labute approximate surface area is 82.6 Å². The third kappa shape index (κ3) is 1.49. The molecule has 2 aliphatic carbocycles. The maximum absolute atomic E-state index is 2.55. The number of rotatable bonds is 1. The summed E-state index contributed by atoms with van der Waals surface area (Å²) in [6, 6.07) is 0. The number of alkyl halides is 1. The Morgan fingerprint density at radius 1 is 1.18 bits per heavy atom. The molecule has 1 saturated carbocycles. The highest BCUT2D eigenvalue weighted by molar-refractivity contribution is 14.1. The molecule has 2 rings (SSSR count). The average molecular weight is 262 g/mol. The Morgan fingerprint density at radius 3 is 2.82 bits per heavy atom. The number of hydrogen-bond acceptors (Lipinski definition) is 0. The van der Waals surface area contributed by atoms with Crippen LogP contribution in [0, 0.1) is 17.8 Å². The van der Waals surface area contributed by atoms with E-state index in [2.05, 4.69) is 34.7 Å². The smallest absolute Gasteiger partial charge is 0.00265 e. The van der Waals surface area contributed by atoms with Gasteiger partial charge in [-0.2, -0.15) is 0 Å². The summed E-state index contributed by atoms with van der Waals surface area (Å²) in [5.41, 5.74) is 0. The van der Waals surface area contributed by atoms with E-state index in [0.29, 0.717) is 0 Å². The van der Waals surface area contributed by atoms with Gasteiger partial charge in [-0.1, -0.05) is 34.7 Å². The van der Waals surface area contributed by atoms with Gasteiger partial charge in [0.2, 0.25) is 0 Å². The van der Waals surface area contributed by atoms with E-state index in [4.69, 9.17) is 0 Å². The molecule has 3 atom stereocenters. The van der Waals surface area contributed by atoms with Crippen molar-refractivity contribution in [3.63, 3.8) is 0 Å². The van der Waals surface area contributed by atoms with Crippen LogP contribution in [0.1, 0.15) is 25.7 Å². The van der Waals surface area contributed by atoms with Crippen molar-refractivity contribution in [2.45, 2.75) is 25.7 Å². The number of halogens is 1. The van der Waals surface area contributed by atoms with Gasteiger partial charge in [-0.05, 0) is 43.4 Å². The third-order valence-corrected chi connectivity index (χ3v) is 4.46. The van der Waals surface area contributed by atoms with Gasteiger partial charge in [0.25, 0.3) is 0 Å². The minimum Gasteiger partial charge on any atom is -0.0882 e. The molecule has 1 fully saturated rings. The van der Waals surface area contributed by atoms with Gasteiger partial charge in [-0.3, -0.25) is 0 Å². The van der Waals surface area contributed by atoms with Crippen molar-refractivity contribution in [2.24, 2.45) is 17.8 Å². The maximum atomic E-state index is 2.55. The molecule has 2 aliphatic rings. The van der Waals surface area contributed by atoms with Gasteiger partial charge in [0.1, 0.15) is 0 Å². The van der Waals surface area contributed by atoms with Gasteiger partial charge >= 0.3 is 0 Å². The second-order valence-electron chi connectivity index (χ2n) is 3.86. The summed E-state index contributed by atoms with van der Waals surface area (Å²) in [6.45, 7) is 0. The fourth-order valence-corrected chi connectivity index (χ4v) is 3.73. The summed E-state index contributed by atoms with van der Waals surface area (Å²) in [5.74, 6) is 3.15. The zero-order valence-corrected chi connectivity index (χ0v) is 8.96. The van der Waals surface area contributed by atoms with Crippen LogP contribution in [0.15, 0.2) is 12.2 Å². The highest BCUT2D eigenvalue weighted by Gasteiger charge is 2.34. The van der Waals surface area contributed by atoms with E-state index in [-0.39, 0.29) is 0 Å². The molecule has 0 aliphatic heterocycles. The average Bonchev–Trinajstić information content (AvgIpc) is 2.47. The molecule has 62 valence electrons. The molecule has 0 aromatic heterocycles.